The molecule has 3 N–H and O–H groups in total. The SMILES string of the molecule is CN[C@H]1CC[C@]23C[C@]24CC[C@]2(C)C([C@H](C)N(C)C)[C@H](OC(=O)CN)C[C@@]2(C)[C@@H]4CC[C@H]3C1(C)C. The highest BCUT2D eigenvalue weighted by Crippen LogP contribution is 2.89. The maximum Gasteiger partial charge on any atom is 0.319 e. The Morgan fingerprint density at radius 2 is 1.68 bits per heavy atom. The van der Waals surface area contributed by atoms with Gasteiger partial charge in [-0.3, -0.25) is 4.79 Å². The Balaban J connectivity index is 1.52. The maximum absolute atomic E-state index is 12.4. The summed E-state index contributed by atoms with van der Waals surface area (Å²) in [5, 5.41) is 3.68. The Bertz CT molecular complexity index is 843. The number of nitrogens with zero attached hydrogens (tertiary/aromatic N) is 1. The zero-order chi connectivity index (χ0) is 24.9. The van der Waals surface area contributed by atoms with Gasteiger partial charge < -0.3 is 20.7 Å². The molecular formula is C29H51N3O2. The lowest BCUT2D eigenvalue weighted by Crippen LogP contribution is -2.59. The van der Waals surface area contributed by atoms with Gasteiger partial charge in [-0.15, -0.1) is 0 Å². The van der Waals surface area contributed by atoms with Crippen LogP contribution < -0.4 is 11.1 Å². The van der Waals surface area contributed by atoms with Crippen molar-refractivity contribution >= 4 is 5.97 Å². The molecule has 0 radical (unpaired) electrons. The van der Waals surface area contributed by atoms with Crippen molar-refractivity contribution < 1.29 is 9.53 Å². The van der Waals surface area contributed by atoms with E-state index in [9.17, 15) is 4.79 Å². The molecule has 5 aliphatic rings. The summed E-state index contributed by atoms with van der Waals surface area (Å²) < 4.78 is 6.16. The van der Waals surface area contributed by atoms with Crippen LogP contribution in [0.25, 0.3) is 0 Å². The number of carbonyl (C=O) groups excluding carboxylic acids is 1. The van der Waals surface area contributed by atoms with Crippen LogP contribution in [0.5, 0.6) is 0 Å². The van der Waals surface area contributed by atoms with Gasteiger partial charge in [-0.2, -0.15) is 0 Å². The van der Waals surface area contributed by atoms with Crippen LogP contribution in [0.4, 0.5) is 0 Å². The molecule has 0 aliphatic heterocycles. The number of esters is 1. The summed E-state index contributed by atoms with van der Waals surface area (Å²) in [7, 11) is 6.53. The lowest BCUT2D eigenvalue weighted by Gasteiger charge is -2.63. The van der Waals surface area contributed by atoms with Crippen molar-refractivity contribution in [2.45, 2.75) is 104 Å². The minimum atomic E-state index is -0.236. The summed E-state index contributed by atoms with van der Waals surface area (Å²) >= 11 is 0. The van der Waals surface area contributed by atoms with Crippen molar-refractivity contribution in [2.75, 3.05) is 27.7 Å². The number of rotatable bonds is 5. The van der Waals surface area contributed by atoms with Crippen LogP contribution in [0.15, 0.2) is 0 Å². The molecular weight excluding hydrogens is 422 g/mol. The summed E-state index contributed by atoms with van der Waals surface area (Å²) in [5.41, 5.74) is 7.52. The van der Waals surface area contributed by atoms with E-state index < -0.39 is 0 Å². The van der Waals surface area contributed by atoms with E-state index >= 15 is 0 Å². The van der Waals surface area contributed by atoms with Gasteiger partial charge in [0.25, 0.3) is 0 Å². The Kier molecular flexibility index (Phi) is 5.65. The zero-order valence-electron chi connectivity index (χ0n) is 23.2. The third-order valence-corrected chi connectivity index (χ3v) is 13.3. The molecule has 0 bridgehead atoms. The second kappa shape index (κ2) is 7.68. The molecule has 2 spiro atoms. The van der Waals surface area contributed by atoms with E-state index in [2.05, 4.69) is 66.0 Å². The standard InChI is InChI=1S/C29H51N3O2/c1-18(32(7)8)24-19(34-23(33)16-30)15-27(5)21-10-9-20-25(2,3)22(31-6)11-12-28(20)17-29(21,28)14-13-26(24,27)4/h18-22,24,31H,9-17,30H2,1-8H3/t18-,19+,20-,21-,22-,24?,26+,27-,28+,29-/m0/s1. The van der Waals surface area contributed by atoms with E-state index in [1.165, 1.54) is 44.9 Å². The number of ether oxygens (including phenoxy) is 1. The molecule has 0 heterocycles. The minimum absolute atomic E-state index is 0.0210. The largest absolute Gasteiger partial charge is 0.461 e. The summed E-state index contributed by atoms with van der Waals surface area (Å²) in [6.07, 6.45) is 10.5. The lowest BCUT2D eigenvalue weighted by molar-refractivity contribution is -0.153. The summed E-state index contributed by atoms with van der Waals surface area (Å²) in [4.78, 5) is 14.8. The van der Waals surface area contributed by atoms with Crippen LogP contribution in [0, 0.1) is 44.8 Å². The molecule has 0 aromatic rings. The molecule has 0 amide bonds. The lowest BCUT2D eigenvalue weighted by atomic mass is 9.42. The molecule has 0 aromatic carbocycles. The van der Waals surface area contributed by atoms with Crippen molar-refractivity contribution in [3.8, 4) is 0 Å². The van der Waals surface area contributed by atoms with Crippen LogP contribution in [0.1, 0.15) is 86.0 Å². The van der Waals surface area contributed by atoms with E-state index in [0.29, 0.717) is 34.2 Å². The molecule has 5 aliphatic carbocycles. The molecule has 34 heavy (non-hydrogen) atoms. The van der Waals surface area contributed by atoms with Gasteiger partial charge in [0.2, 0.25) is 0 Å². The van der Waals surface area contributed by atoms with Crippen LogP contribution in [-0.4, -0.2) is 56.7 Å². The van der Waals surface area contributed by atoms with E-state index in [1.807, 2.05) is 0 Å². The van der Waals surface area contributed by atoms with Gasteiger partial charge in [0.15, 0.2) is 0 Å². The van der Waals surface area contributed by atoms with Gasteiger partial charge in [0.1, 0.15) is 6.10 Å². The predicted octanol–water partition coefficient (Wildman–Crippen LogP) is 4.44. The monoisotopic (exact) mass is 473 g/mol. The first-order chi connectivity index (χ1) is 15.8. The molecule has 5 nitrogen and oxygen atoms in total. The van der Waals surface area contributed by atoms with Crippen molar-refractivity contribution in [3.63, 3.8) is 0 Å². The van der Waals surface area contributed by atoms with E-state index in [0.717, 1.165) is 18.3 Å². The first kappa shape index (κ1) is 25.0. The van der Waals surface area contributed by atoms with Crippen molar-refractivity contribution in [2.24, 2.45) is 50.6 Å². The molecule has 5 saturated carbocycles. The van der Waals surface area contributed by atoms with Crippen LogP contribution in [0.2, 0.25) is 0 Å². The number of carbonyl (C=O) groups is 1. The fourth-order valence-electron chi connectivity index (χ4n) is 11.5. The van der Waals surface area contributed by atoms with Gasteiger partial charge in [-0.05, 0) is 118 Å². The van der Waals surface area contributed by atoms with Gasteiger partial charge in [-0.25, -0.2) is 0 Å². The average Bonchev–Trinajstić information content (AvgIpc) is 3.37. The predicted molar refractivity (Wildman–Crippen MR) is 137 cm³/mol. The molecule has 5 fully saturated rings. The molecule has 0 aromatic heterocycles. The maximum atomic E-state index is 12.4. The van der Waals surface area contributed by atoms with E-state index in [-0.39, 0.29) is 29.4 Å². The molecule has 5 rings (SSSR count). The van der Waals surface area contributed by atoms with Gasteiger partial charge in [0.05, 0.1) is 6.54 Å². The molecule has 1 unspecified atom stereocenters. The third-order valence-electron chi connectivity index (χ3n) is 13.3. The molecule has 10 atom stereocenters. The van der Waals surface area contributed by atoms with Crippen molar-refractivity contribution in [1.82, 2.24) is 10.2 Å². The Hall–Kier alpha value is -0.650. The van der Waals surface area contributed by atoms with E-state index in [4.69, 9.17) is 10.5 Å². The van der Waals surface area contributed by atoms with Crippen LogP contribution in [0.3, 0.4) is 0 Å². The number of fused-ring (bicyclic) bond motifs is 2. The summed E-state index contributed by atoms with van der Waals surface area (Å²) in [5.74, 6) is 1.69. The first-order valence-corrected chi connectivity index (χ1v) is 14.1. The smallest absolute Gasteiger partial charge is 0.319 e. The van der Waals surface area contributed by atoms with Crippen molar-refractivity contribution in [1.29, 1.82) is 0 Å². The van der Waals surface area contributed by atoms with Gasteiger partial charge in [-0.1, -0.05) is 27.7 Å². The van der Waals surface area contributed by atoms with E-state index in [1.54, 1.807) is 0 Å². The summed E-state index contributed by atoms with van der Waals surface area (Å²) in [6.45, 7) is 12.6. The number of hydrogen-bond acceptors (Lipinski definition) is 5. The summed E-state index contributed by atoms with van der Waals surface area (Å²) in [6, 6.07) is 1.00. The highest BCUT2D eigenvalue weighted by atomic mass is 16.5. The minimum Gasteiger partial charge on any atom is -0.461 e. The highest BCUT2D eigenvalue weighted by molar-refractivity contribution is 5.71. The second-order valence-electron chi connectivity index (χ2n) is 14.4. The Morgan fingerprint density at radius 3 is 2.29 bits per heavy atom. The van der Waals surface area contributed by atoms with Crippen LogP contribution in [-0.2, 0) is 9.53 Å². The number of hydrogen-bond donors (Lipinski definition) is 2. The Labute approximate surface area is 208 Å². The molecule has 5 heteroatoms. The topological polar surface area (TPSA) is 67.6 Å². The quantitative estimate of drug-likeness (QED) is 0.578. The first-order valence-electron chi connectivity index (χ1n) is 14.1. The number of nitrogens with two attached hydrogens (primary N) is 1. The Morgan fingerprint density at radius 1 is 1.03 bits per heavy atom. The van der Waals surface area contributed by atoms with Gasteiger partial charge in [0, 0.05) is 18.0 Å². The third kappa shape index (κ3) is 2.87. The molecule has 0 saturated heterocycles. The normalized spacial score (nSPS) is 51.6. The second-order valence-corrected chi connectivity index (χ2v) is 14.4. The highest BCUT2D eigenvalue weighted by Gasteiger charge is 2.83. The fraction of sp³-hybridized carbons (Fsp3) is 0.966. The zero-order valence-corrected chi connectivity index (χ0v) is 23.2. The number of nitrogens with one attached hydrogen (secondary N) is 1. The average molecular weight is 474 g/mol. The van der Waals surface area contributed by atoms with Crippen LogP contribution >= 0.6 is 0 Å². The molecule has 194 valence electrons. The van der Waals surface area contributed by atoms with Gasteiger partial charge >= 0.3 is 5.97 Å². The van der Waals surface area contributed by atoms with Crippen molar-refractivity contribution in [3.05, 3.63) is 0 Å². The fourth-order valence-corrected chi connectivity index (χ4v) is 11.5.